The third-order valence-electron chi connectivity index (χ3n) is 3.10. The summed E-state index contributed by atoms with van der Waals surface area (Å²) in [4.78, 5) is 11.0. The number of unbranched alkanes of at least 4 members (excludes halogenated alkanes) is 1. The Labute approximate surface area is 120 Å². The molecule has 0 heterocycles. The topological polar surface area (TPSA) is 83.5 Å². The van der Waals surface area contributed by atoms with Gasteiger partial charge in [-0.05, 0) is 38.0 Å². The molecule has 0 saturated heterocycles. The number of carboxylic acids is 1. The zero-order valence-electron chi connectivity index (χ0n) is 12.0. The first-order chi connectivity index (χ1) is 9.27. The Morgan fingerprint density at radius 2 is 2.05 bits per heavy atom. The van der Waals surface area contributed by atoms with Crippen LogP contribution < -0.4 is 4.72 Å². The molecule has 6 heteroatoms. The first-order valence-corrected chi connectivity index (χ1v) is 8.12. The zero-order valence-corrected chi connectivity index (χ0v) is 12.8. The summed E-state index contributed by atoms with van der Waals surface area (Å²) in [6.45, 7) is 5.48. The molecule has 1 rings (SSSR count). The molecule has 0 radical (unpaired) electrons. The third-order valence-corrected chi connectivity index (χ3v) is 4.68. The number of aromatic carboxylic acids is 1. The maximum absolute atomic E-state index is 12.2. The van der Waals surface area contributed by atoms with E-state index in [9.17, 15) is 13.2 Å². The lowest BCUT2D eigenvalue weighted by atomic mass is 10.1. The van der Waals surface area contributed by atoms with Crippen LogP contribution in [0.2, 0.25) is 0 Å². The number of hydrogen-bond donors (Lipinski definition) is 2. The Bertz CT molecular complexity index is 581. The van der Waals surface area contributed by atoms with E-state index in [0.717, 1.165) is 19.3 Å². The maximum Gasteiger partial charge on any atom is 0.335 e. The van der Waals surface area contributed by atoms with Crippen molar-refractivity contribution < 1.29 is 18.3 Å². The van der Waals surface area contributed by atoms with Crippen molar-refractivity contribution in [1.82, 2.24) is 4.72 Å². The summed E-state index contributed by atoms with van der Waals surface area (Å²) in [6, 6.07) is 3.97. The normalized spacial score (nSPS) is 13.2. The molecule has 1 unspecified atom stereocenters. The van der Waals surface area contributed by atoms with Gasteiger partial charge in [-0.3, -0.25) is 0 Å². The standard InChI is InChI=1S/C14H21NO4S/c1-4-5-6-11(3)15-20(18,19)12-8-7-10(2)13(9-12)14(16)17/h7-9,11,15H,4-6H2,1-3H3,(H,16,17). The van der Waals surface area contributed by atoms with Gasteiger partial charge in [0.25, 0.3) is 0 Å². The lowest BCUT2D eigenvalue weighted by Crippen LogP contribution is -2.32. The minimum atomic E-state index is -3.68. The molecule has 0 amide bonds. The highest BCUT2D eigenvalue weighted by Gasteiger charge is 2.19. The summed E-state index contributed by atoms with van der Waals surface area (Å²) in [5, 5.41) is 9.04. The molecular formula is C14H21NO4S. The molecule has 0 aliphatic rings. The molecule has 0 aliphatic carbocycles. The predicted octanol–water partition coefficient (Wildman–Crippen LogP) is 2.55. The second kappa shape index (κ2) is 6.85. The third kappa shape index (κ3) is 4.31. The maximum atomic E-state index is 12.2. The number of nitrogens with one attached hydrogen (secondary N) is 1. The zero-order chi connectivity index (χ0) is 15.3. The van der Waals surface area contributed by atoms with Crippen LogP contribution in [0.25, 0.3) is 0 Å². The van der Waals surface area contributed by atoms with E-state index in [-0.39, 0.29) is 16.5 Å². The highest BCUT2D eigenvalue weighted by Crippen LogP contribution is 2.16. The predicted molar refractivity (Wildman–Crippen MR) is 77.4 cm³/mol. The number of sulfonamides is 1. The van der Waals surface area contributed by atoms with Crippen LogP contribution >= 0.6 is 0 Å². The summed E-state index contributed by atoms with van der Waals surface area (Å²) in [7, 11) is -3.68. The van der Waals surface area contributed by atoms with E-state index < -0.39 is 16.0 Å². The summed E-state index contributed by atoms with van der Waals surface area (Å²) >= 11 is 0. The van der Waals surface area contributed by atoms with E-state index in [4.69, 9.17) is 5.11 Å². The lowest BCUT2D eigenvalue weighted by molar-refractivity contribution is 0.0696. The van der Waals surface area contributed by atoms with Crippen LogP contribution in [0.5, 0.6) is 0 Å². The van der Waals surface area contributed by atoms with Gasteiger partial charge in [0.15, 0.2) is 0 Å². The molecule has 0 aliphatic heterocycles. The van der Waals surface area contributed by atoms with Crippen molar-refractivity contribution in [2.45, 2.75) is 51.0 Å². The van der Waals surface area contributed by atoms with Crippen LogP contribution in [0.1, 0.15) is 49.0 Å². The fourth-order valence-corrected chi connectivity index (χ4v) is 3.20. The average Bonchev–Trinajstić information content (AvgIpc) is 2.35. The molecule has 0 fully saturated rings. The van der Waals surface area contributed by atoms with E-state index in [1.807, 2.05) is 6.92 Å². The number of hydrogen-bond acceptors (Lipinski definition) is 3. The van der Waals surface area contributed by atoms with Gasteiger partial charge in [-0.2, -0.15) is 0 Å². The highest BCUT2D eigenvalue weighted by atomic mass is 32.2. The molecule has 0 aromatic heterocycles. The second-order valence-electron chi connectivity index (χ2n) is 4.95. The first-order valence-electron chi connectivity index (χ1n) is 6.64. The molecule has 0 bridgehead atoms. The minimum absolute atomic E-state index is 0.00841. The highest BCUT2D eigenvalue weighted by molar-refractivity contribution is 7.89. The van der Waals surface area contributed by atoms with Gasteiger partial charge in [0.1, 0.15) is 0 Å². The Morgan fingerprint density at radius 1 is 1.40 bits per heavy atom. The van der Waals surface area contributed by atoms with Gasteiger partial charge in [-0.25, -0.2) is 17.9 Å². The molecular weight excluding hydrogens is 278 g/mol. The van der Waals surface area contributed by atoms with Crippen LogP contribution in [0, 0.1) is 6.92 Å². The fourth-order valence-electron chi connectivity index (χ4n) is 1.90. The van der Waals surface area contributed by atoms with Crippen molar-refractivity contribution in [2.24, 2.45) is 0 Å². The molecule has 2 N–H and O–H groups in total. The van der Waals surface area contributed by atoms with Gasteiger partial charge in [0.2, 0.25) is 10.0 Å². The Morgan fingerprint density at radius 3 is 2.60 bits per heavy atom. The van der Waals surface area contributed by atoms with Gasteiger partial charge >= 0.3 is 5.97 Å². The van der Waals surface area contributed by atoms with Crippen molar-refractivity contribution >= 4 is 16.0 Å². The molecule has 112 valence electrons. The number of benzene rings is 1. The largest absolute Gasteiger partial charge is 0.478 e. The number of carbonyl (C=O) groups is 1. The SMILES string of the molecule is CCCCC(C)NS(=O)(=O)c1ccc(C)c(C(=O)O)c1. The molecule has 1 aromatic carbocycles. The van der Waals surface area contributed by atoms with Crippen LogP contribution in [-0.4, -0.2) is 25.5 Å². The van der Waals surface area contributed by atoms with Crippen LogP contribution in [0.15, 0.2) is 23.1 Å². The van der Waals surface area contributed by atoms with Crippen molar-refractivity contribution in [2.75, 3.05) is 0 Å². The second-order valence-corrected chi connectivity index (χ2v) is 6.66. The van der Waals surface area contributed by atoms with E-state index in [1.165, 1.54) is 18.2 Å². The average molecular weight is 299 g/mol. The summed E-state index contributed by atoms with van der Waals surface area (Å²) in [5.74, 6) is -1.13. The number of aryl methyl sites for hydroxylation is 1. The van der Waals surface area contributed by atoms with E-state index in [2.05, 4.69) is 4.72 Å². The van der Waals surface area contributed by atoms with Gasteiger partial charge in [-0.15, -0.1) is 0 Å². The molecule has 1 atom stereocenters. The molecule has 0 saturated carbocycles. The Balaban J connectivity index is 2.98. The van der Waals surface area contributed by atoms with Crippen LogP contribution in [0.3, 0.4) is 0 Å². The lowest BCUT2D eigenvalue weighted by Gasteiger charge is -2.14. The van der Waals surface area contributed by atoms with Crippen LogP contribution in [-0.2, 0) is 10.0 Å². The van der Waals surface area contributed by atoms with Crippen molar-refractivity contribution in [3.05, 3.63) is 29.3 Å². The Hall–Kier alpha value is -1.40. The van der Waals surface area contributed by atoms with Crippen molar-refractivity contribution in [3.63, 3.8) is 0 Å². The molecule has 5 nitrogen and oxygen atoms in total. The quantitative estimate of drug-likeness (QED) is 0.810. The monoisotopic (exact) mass is 299 g/mol. The van der Waals surface area contributed by atoms with Gasteiger partial charge in [0.05, 0.1) is 10.5 Å². The van der Waals surface area contributed by atoms with Crippen molar-refractivity contribution in [1.29, 1.82) is 0 Å². The Kier molecular flexibility index (Phi) is 5.71. The number of rotatable bonds is 7. The molecule has 20 heavy (non-hydrogen) atoms. The smallest absolute Gasteiger partial charge is 0.335 e. The molecule has 0 spiro atoms. The van der Waals surface area contributed by atoms with Gasteiger partial charge < -0.3 is 5.11 Å². The van der Waals surface area contributed by atoms with Crippen LogP contribution in [0.4, 0.5) is 0 Å². The van der Waals surface area contributed by atoms with Gasteiger partial charge in [-0.1, -0.05) is 25.8 Å². The van der Waals surface area contributed by atoms with E-state index in [1.54, 1.807) is 13.8 Å². The number of carboxylic acid groups (broad SMARTS) is 1. The molecule has 1 aromatic rings. The first kappa shape index (κ1) is 16.7. The summed E-state index contributed by atoms with van der Waals surface area (Å²) in [6.07, 6.45) is 2.70. The van der Waals surface area contributed by atoms with Crippen molar-refractivity contribution in [3.8, 4) is 0 Å². The van der Waals surface area contributed by atoms with E-state index >= 15 is 0 Å². The summed E-state index contributed by atoms with van der Waals surface area (Å²) < 4.78 is 26.9. The minimum Gasteiger partial charge on any atom is -0.478 e. The summed E-state index contributed by atoms with van der Waals surface area (Å²) in [5.41, 5.74) is 0.546. The van der Waals surface area contributed by atoms with E-state index in [0.29, 0.717) is 5.56 Å². The van der Waals surface area contributed by atoms with Gasteiger partial charge in [0, 0.05) is 6.04 Å². The fraction of sp³-hybridized carbons (Fsp3) is 0.500.